The second-order valence-electron chi connectivity index (χ2n) is 9.53. The van der Waals surface area contributed by atoms with E-state index in [1.165, 1.54) is 22.3 Å². The van der Waals surface area contributed by atoms with Crippen LogP contribution in [0.4, 0.5) is 0 Å². The number of aromatic nitrogens is 4. The van der Waals surface area contributed by atoms with Crippen molar-refractivity contribution < 1.29 is 0 Å². The first-order valence-corrected chi connectivity index (χ1v) is 12.0. The predicted octanol–water partition coefficient (Wildman–Crippen LogP) is 7.60. The lowest BCUT2D eigenvalue weighted by atomic mass is 9.82. The normalized spacial score (nSPS) is 13.8. The van der Waals surface area contributed by atoms with Gasteiger partial charge in [0.15, 0.2) is 5.82 Å². The van der Waals surface area contributed by atoms with Crippen molar-refractivity contribution in [2.75, 3.05) is 0 Å². The minimum absolute atomic E-state index is 0.0463. The summed E-state index contributed by atoms with van der Waals surface area (Å²) in [5.41, 5.74) is 8.07. The Morgan fingerprint density at radius 3 is 2.03 bits per heavy atom. The molecule has 0 radical (unpaired) electrons. The van der Waals surface area contributed by atoms with Crippen LogP contribution in [0.2, 0.25) is 5.28 Å². The number of hydrogen-bond donors (Lipinski definition) is 0. The summed E-state index contributed by atoms with van der Waals surface area (Å²) in [7, 11) is 0. The molecule has 2 heterocycles. The molecule has 5 heteroatoms. The number of benzene rings is 4. The molecule has 0 atom stereocenters. The quantitative estimate of drug-likeness (QED) is 0.260. The summed E-state index contributed by atoms with van der Waals surface area (Å²) in [6.07, 6.45) is 0. The zero-order valence-corrected chi connectivity index (χ0v) is 20.1. The molecule has 0 spiro atoms. The van der Waals surface area contributed by atoms with Gasteiger partial charge in [-0.15, -0.1) is 0 Å². The average Bonchev–Trinajstić information content (AvgIpc) is 3.33. The highest BCUT2D eigenvalue weighted by molar-refractivity contribution is 6.28. The van der Waals surface area contributed by atoms with Gasteiger partial charge < -0.3 is 0 Å². The van der Waals surface area contributed by atoms with Crippen LogP contribution in [-0.4, -0.2) is 19.5 Å². The van der Waals surface area contributed by atoms with Crippen molar-refractivity contribution in [3.63, 3.8) is 0 Å². The molecule has 4 nitrogen and oxygen atoms in total. The Labute approximate surface area is 207 Å². The van der Waals surface area contributed by atoms with E-state index in [1.807, 2.05) is 12.1 Å². The van der Waals surface area contributed by atoms with E-state index in [4.69, 9.17) is 16.6 Å². The third kappa shape index (κ3) is 2.90. The van der Waals surface area contributed by atoms with E-state index in [1.54, 1.807) is 0 Å². The van der Waals surface area contributed by atoms with E-state index in [0.717, 1.165) is 27.4 Å². The Balaban J connectivity index is 1.45. The Morgan fingerprint density at radius 1 is 0.657 bits per heavy atom. The van der Waals surface area contributed by atoms with E-state index in [2.05, 4.69) is 107 Å². The summed E-state index contributed by atoms with van der Waals surface area (Å²) in [6.45, 7) is 4.55. The van der Waals surface area contributed by atoms with Crippen LogP contribution in [0, 0.1) is 0 Å². The van der Waals surface area contributed by atoms with E-state index >= 15 is 0 Å². The molecule has 4 aromatic carbocycles. The van der Waals surface area contributed by atoms with Crippen molar-refractivity contribution in [1.82, 2.24) is 19.5 Å². The standard InChI is InChI=1S/C30H21ClN4/c1-30(2)23-12-6-3-9-19(23)22-17-18(15-16-24(22)30)27-32-28(31)34-29(33-27)35-25-13-7-4-10-20(25)21-11-5-8-14-26(21)35/h3-17H,1-2H3. The van der Waals surface area contributed by atoms with Crippen LogP contribution in [0.15, 0.2) is 91.0 Å². The first kappa shape index (κ1) is 20.4. The van der Waals surface area contributed by atoms with Crippen LogP contribution < -0.4 is 0 Å². The van der Waals surface area contributed by atoms with E-state index in [-0.39, 0.29) is 10.7 Å². The van der Waals surface area contributed by atoms with Gasteiger partial charge in [-0.05, 0) is 52.1 Å². The van der Waals surface area contributed by atoms with Crippen LogP contribution >= 0.6 is 11.6 Å². The molecule has 0 bridgehead atoms. The topological polar surface area (TPSA) is 43.6 Å². The van der Waals surface area contributed by atoms with Gasteiger partial charge in [-0.3, -0.25) is 4.57 Å². The Bertz CT molecular complexity index is 1740. The van der Waals surface area contributed by atoms with E-state index in [0.29, 0.717) is 11.8 Å². The zero-order valence-electron chi connectivity index (χ0n) is 19.3. The molecule has 6 aromatic rings. The Kier molecular flexibility index (Phi) is 4.21. The van der Waals surface area contributed by atoms with Crippen LogP contribution in [0.3, 0.4) is 0 Å². The molecular formula is C30H21ClN4. The van der Waals surface area contributed by atoms with Gasteiger partial charge in [0, 0.05) is 21.8 Å². The molecule has 1 aliphatic carbocycles. The summed E-state index contributed by atoms with van der Waals surface area (Å²) < 4.78 is 2.06. The first-order valence-electron chi connectivity index (χ1n) is 11.7. The van der Waals surface area contributed by atoms with Crippen LogP contribution in [0.5, 0.6) is 0 Å². The third-order valence-electron chi connectivity index (χ3n) is 7.22. The highest BCUT2D eigenvalue weighted by Gasteiger charge is 2.35. The summed E-state index contributed by atoms with van der Waals surface area (Å²) in [5.74, 6) is 1.07. The molecule has 168 valence electrons. The lowest BCUT2D eigenvalue weighted by molar-refractivity contribution is 0.660. The molecule has 7 rings (SSSR count). The van der Waals surface area contributed by atoms with Gasteiger partial charge in [0.2, 0.25) is 11.2 Å². The van der Waals surface area contributed by atoms with Crippen molar-refractivity contribution in [2.24, 2.45) is 0 Å². The lowest BCUT2D eigenvalue weighted by Gasteiger charge is -2.21. The molecule has 35 heavy (non-hydrogen) atoms. The van der Waals surface area contributed by atoms with Gasteiger partial charge in [-0.25, -0.2) is 0 Å². The van der Waals surface area contributed by atoms with Crippen molar-refractivity contribution in [2.45, 2.75) is 19.3 Å². The average molecular weight is 473 g/mol. The van der Waals surface area contributed by atoms with Gasteiger partial charge in [0.05, 0.1) is 11.0 Å². The number of hydrogen-bond acceptors (Lipinski definition) is 3. The van der Waals surface area contributed by atoms with Crippen molar-refractivity contribution >= 4 is 33.4 Å². The minimum Gasteiger partial charge on any atom is -0.278 e. The second kappa shape index (κ2) is 7.24. The van der Waals surface area contributed by atoms with Gasteiger partial charge in [-0.2, -0.15) is 15.0 Å². The van der Waals surface area contributed by atoms with Gasteiger partial charge in [-0.1, -0.05) is 86.6 Å². The highest BCUT2D eigenvalue weighted by atomic mass is 35.5. The van der Waals surface area contributed by atoms with Crippen molar-refractivity contribution in [3.05, 3.63) is 107 Å². The lowest BCUT2D eigenvalue weighted by Crippen LogP contribution is -2.14. The maximum atomic E-state index is 6.49. The smallest absolute Gasteiger partial charge is 0.239 e. The summed E-state index contributed by atoms with van der Waals surface area (Å²) in [6, 6.07) is 31.7. The fourth-order valence-corrected chi connectivity index (χ4v) is 5.72. The summed E-state index contributed by atoms with van der Waals surface area (Å²) in [4.78, 5) is 14.0. The van der Waals surface area contributed by atoms with Gasteiger partial charge in [0.25, 0.3) is 0 Å². The predicted molar refractivity (Wildman–Crippen MR) is 142 cm³/mol. The molecule has 1 aliphatic rings. The third-order valence-corrected chi connectivity index (χ3v) is 7.39. The maximum absolute atomic E-state index is 6.49. The molecular weight excluding hydrogens is 452 g/mol. The molecule has 0 fully saturated rings. The highest BCUT2D eigenvalue weighted by Crippen LogP contribution is 2.49. The monoisotopic (exact) mass is 472 g/mol. The molecule has 0 saturated heterocycles. The zero-order chi connectivity index (χ0) is 23.7. The molecule has 0 N–H and O–H groups in total. The SMILES string of the molecule is CC1(C)c2ccccc2-c2cc(-c3nc(Cl)nc(-n4c5ccccc5c5ccccc54)n3)ccc21. The van der Waals surface area contributed by atoms with Crippen LogP contribution in [-0.2, 0) is 5.41 Å². The van der Waals surface area contributed by atoms with Crippen molar-refractivity contribution in [1.29, 1.82) is 0 Å². The van der Waals surface area contributed by atoms with Gasteiger partial charge in [0.1, 0.15) is 0 Å². The largest absolute Gasteiger partial charge is 0.278 e. The Hall–Kier alpha value is -4.02. The van der Waals surface area contributed by atoms with Crippen molar-refractivity contribution in [3.8, 4) is 28.5 Å². The number of para-hydroxylation sites is 2. The summed E-state index contributed by atoms with van der Waals surface area (Å²) >= 11 is 6.49. The number of nitrogens with zero attached hydrogens (tertiary/aromatic N) is 4. The van der Waals surface area contributed by atoms with Crippen LogP contribution in [0.1, 0.15) is 25.0 Å². The number of fused-ring (bicyclic) bond motifs is 6. The number of halogens is 1. The second-order valence-corrected chi connectivity index (χ2v) is 9.87. The fraction of sp³-hybridized carbons (Fsp3) is 0.100. The molecule has 0 saturated carbocycles. The maximum Gasteiger partial charge on any atom is 0.239 e. The number of rotatable bonds is 2. The summed E-state index contributed by atoms with van der Waals surface area (Å²) in [5, 5.41) is 2.48. The van der Waals surface area contributed by atoms with Gasteiger partial charge >= 0.3 is 0 Å². The molecule has 0 aliphatic heterocycles. The first-order chi connectivity index (χ1) is 17.0. The molecule has 2 aromatic heterocycles. The van der Waals surface area contributed by atoms with Crippen LogP contribution in [0.25, 0.3) is 50.3 Å². The fourth-order valence-electron chi connectivity index (χ4n) is 5.57. The van der Waals surface area contributed by atoms with E-state index < -0.39 is 0 Å². The Morgan fingerprint density at radius 2 is 1.29 bits per heavy atom. The molecule has 0 unspecified atom stereocenters. The minimum atomic E-state index is -0.0463. The van der Waals surface area contributed by atoms with E-state index in [9.17, 15) is 0 Å². The molecule has 0 amide bonds.